The zero-order valence-electron chi connectivity index (χ0n) is 48.8. The van der Waals surface area contributed by atoms with Crippen molar-refractivity contribution >= 4 is 56.6 Å². The van der Waals surface area contributed by atoms with Crippen LogP contribution in [0.4, 0.5) is 0 Å². The Bertz CT molecular complexity index is 4290. The minimum Gasteiger partial charge on any atom is -0.509 e. The summed E-state index contributed by atoms with van der Waals surface area (Å²) < 4.78 is 102. The van der Waals surface area contributed by atoms with Crippen LogP contribution in [0.2, 0.25) is 0 Å². The van der Waals surface area contributed by atoms with Gasteiger partial charge in [0.05, 0.1) is 24.9 Å². The molecular weight excluding hydrogens is 1060 g/mol. The SMILES string of the molecule is [2H]c1c([2H])c([2H])c(-c2cccc(-c3c([2H])c([2H])c([2H])c([2H])c3[2H])c2-[n+]2[c-]n([Si](c3[c-]c(Oc4[c-]c5c(cc4)c4ccccc4n5-c4cc(C(C)(C)C)ccn4)ccc3)(c3ccccc3)c3ccccc3)c3ccccc32)c([2H])c1[2H].[Pt]. The Morgan fingerprint density at radius 3 is 1.83 bits per heavy atom. The average molecular weight is 1120 g/mol. The molecule has 0 unspecified atom stereocenters. The fourth-order valence-corrected chi connectivity index (χ4v) is 14.2. The normalized spacial score (nSPS) is 13.7. The third-order valence-electron chi connectivity index (χ3n) is 12.9. The second-order valence-electron chi connectivity index (χ2n) is 18.0. The van der Waals surface area contributed by atoms with E-state index in [1.54, 1.807) is 22.8 Å². The third kappa shape index (κ3) is 8.03. The molecule has 0 spiro atoms. The first-order valence-corrected chi connectivity index (χ1v) is 24.9. The molecule has 3 aromatic heterocycles. The molecule has 7 heteroatoms. The smallest absolute Gasteiger partial charge is 0.320 e. The van der Waals surface area contributed by atoms with Gasteiger partial charge < -0.3 is 18.1 Å². The van der Waals surface area contributed by atoms with Crippen molar-refractivity contribution in [2.24, 2.45) is 0 Å². The monoisotopic (exact) mass is 1120 g/mol. The molecule has 0 radical (unpaired) electrons. The van der Waals surface area contributed by atoms with Gasteiger partial charge in [-0.3, -0.25) is 0 Å². The number of para-hydroxylation sites is 4. The fraction of sp³-hybridized carbons (Fsp3) is 0.0625. The van der Waals surface area contributed by atoms with Crippen LogP contribution in [-0.4, -0.2) is 22.0 Å². The van der Waals surface area contributed by atoms with Crippen LogP contribution in [0.25, 0.3) is 66.6 Å². The quantitative estimate of drug-likeness (QED) is 0.0592. The van der Waals surface area contributed by atoms with Crippen LogP contribution in [0.5, 0.6) is 11.5 Å². The van der Waals surface area contributed by atoms with Gasteiger partial charge in [-0.2, -0.15) is 18.2 Å². The van der Waals surface area contributed by atoms with Crippen molar-refractivity contribution in [1.82, 2.24) is 13.8 Å². The number of fused-ring (bicyclic) bond motifs is 4. The van der Waals surface area contributed by atoms with E-state index in [1.165, 1.54) is 0 Å². The van der Waals surface area contributed by atoms with Crippen LogP contribution in [-0.2, 0) is 26.5 Å². The van der Waals surface area contributed by atoms with Gasteiger partial charge in [-0.15, -0.1) is 34.8 Å². The molecule has 0 fully saturated rings. The van der Waals surface area contributed by atoms with Gasteiger partial charge in [0, 0.05) is 49.8 Å². The Labute approximate surface area is 444 Å². The molecule has 0 atom stereocenters. The molecule has 5 nitrogen and oxygen atoms in total. The summed E-state index contributed by atoms with van der Waals surface area (Å²) in [7, 11) is -3.79. The first kappa shape index (κ1) is 35.2. The van der Waals surface area contributed by atoms with Crippen LogP contribution in [0.15, 0.2) is 236 Å². The Morgan fingerprint density at radius 1 is 0.577 bits per heavy atom. The molecular formula is C64H48N4OPtSi-2. The van der Waals surface area contributed by atoms with Crippen molar-refractivity contribution in [2.75, 3.05) is 0 Å². The maximum absolute atomic E-state index is 9.26. The molecule has 0 N–H and O–H groups in total. The molecule has 0 aliphatic heterocycles. The molecule has 9 aromatic carbocycles. The third-order valence-corrected chi connectivity index (χ3v) is 17.3. The van der Waals surface area contributed by atoms with E-state index in [2.05, 4.69) is 90.5 Å². The molecule has 0 saturated heterocycles. The van der Waals surface area contributed by atoms with Gasteiger partial charge >= 0.3 is 8.24 Å². The van der Waals surface area contributed by atoms with Crippen LogP contribution in [0.1, 0.15) is 40.0 Å². The van der Waals surface area contributed by atoms with Crippen LogP contribution in [0.3, 0.4) is 0 Å². The van der Waals surface area contributed by atoms with E-state index in [9.17, 15) is 5.48 Å². The van der Waals surface area contributed by atoms with Gasteiger partial charge in [-0.1, -0.05) is 208 Å². The van der Waals surface area contributed by atoms with Gasteiger partial charge in [-0.05, 0) is 67.2 Å². The van der Waals surface area contributed by atoms with Crippen molar-refractivity contribution < 1.29 is 44.1 Å². The molecule has 12 aromatic rings. The minimum atomic E-state index is -3.79. The fourth-order valence-electron chi connectivity index (χ4n) is 9.66. The van der Waals surface area contributed by atoms with Crippen molar-refractivity contribution in [3.8, 4) is 45.3 Å². The first-order valence-electron chi connectivity index (χ1n) is 28.0. The Morgan fingerprint density at radius 2 is 1.17 bits per heavy atom. The second kappa shape index (κ2) is 18.8. The Hall–Kier alpha value is -7.89. The summed E-state index contributed by atoms with van der Waals surface area (Å²) in [5.74, 6) is 1.63. The molecule has 0 aliphatic carbocycles. The average Bonchev–Trinajstić information content (AvgIpc) is 4.06. The van der Waals surface area contributed by atoms with Gasteiger partial charge in [0.2, 0.25) is 6.33 Å². The molecule has 0 saturated carbocycles. The van der Waals surface area contributed by atoms with E-state index in [0.717, 1.165) is 48.7 Å². The Kier molecular flexibility index (Phi) is 9.32. The largest absolute Gasteiger partial charge is 0.509 e. The summed E-state index contributed by atoms with van der Waals surface area (Å²) >= 11 is 0. The number of rotatable bonds is 10. The maximum atomic E-state index is 9.26. The summed E-state index contributed by atoms with van der Waals surface area (Å²) in [6, 6.07) is 56.9. The second-order valence-corrected chi connectivity index (χ2v) is 21.6. The van der Waals surface area contributed by atoms with E-state index >= 15 is 0 Å². The summed E-state index contributed by atoms with van der Waals surface area (Å²) in [5, 5.41) is 4.65. The number of pyridine rings is 1. The standard InChI is InChI=1S/C64H48N4OSi.Pt/c1-64(2,3)48-40-41-65-62(42-48)68-58-35-17-16-32-56(58)57-39-38-50(44-61(57)68)69-49-26-20-31-53(43-49)70(51-27-12-6-13-28-51,52-29-14-7-15-30-52)67-45-66(59-36-18-19-37-60(59)67)63-54(46-22-8-4-9-23-46)33-21-34-55(63)47-24-10-5-11-25-47;/h4-42H,1-3H3;/q-2;/i4D,5D,8D,9D,10D,11D,22D,23D,24D,25D;. The number of benzene rings is 9. The number of imidazole rings is 1. The van der Waals surface area contributed by atoms with Gasteiger partial charge in [0.25, 0.3) is 0 Å². The molecule has 71 heavy (non-hydrogen) atoms. The van der Waals surface area contributed by atoms with Gasteiger partial charge in [-0.25, -0.2) is 4.98 Å². The van der Waals surface area contributed by atoms with Crippen LogP contribution in [0, 0.1) is 18.5 Å². The predicted octanol–water partition coefficient (Wildman–Crippen LogP) is 12.7. The van der Waals surface area contributed by atoms with E-state index in [4.69, 9.17) is 17.9 Å². The van der Waals surface area contributed by atoms with Crippen molar-refractivity contribution in [2.45, 2.75) is 26.2 Å². The zero-order valence-corrected chi connectivity index (χ0v) is 42.0. The number of ether oxygens (including phenoxy) is 1. The topological polar surface area (TPSA) is 35.9 Å². The van der Waals surface area contributed by atoms with Crippen LogP contribution >= 0.6 is 0 Å². The molecule has 0 bridgehead atoms. The maximum Gasteiger partial charge on any atom is 0.320 e. The number of hydrogen-bond donors (Lipinski definition) is 0. The van der Waals surface area contributed by atoms with E-state index in [-0.39, 0.29) is 54.4 Å². The molecule has 3 heterocycles. The van der Waals surface area contributed by atoms with Crippen molar-refractivity contribution in [3.05, 3.63) is 261 Å². The summed E-state index contributed by atoms with van der Waals surface area (Å²) in [5.41, 5.74) is 4.20. The van der Waals surface area contributed by atoms with E-state index < -0.39 is 68.7 Å². The van der Waals surface area contributed by atoms with Crippen LogP contribution < -0.4 is 24.9 Å². The zero-order chi connectivity index (χ0) is 55.9. The Balaban J connectivity index is 0.00000690. The minimum absolute atomic E-state index is 0. The number of aromatic nitrogens is 4. The van der Waals surface area contributed by atoms with E-state index in [1.807, 2.05) is 115 Å². The molecule has 12 rings (SSSR count). The summed E-state index contributed by atoms with van der Waals surface area (Å²) in [6.07, 6.45) is 5.62. The molecule has 0 aliphatic rings. The van der Waals surface area contributed by atoms with E-state index in [0.29, 0.717) is 22.5 Å². The van der Waals surface area contributed by atoms with Crippen molar-refractivity contribution in [1.29, 1.82) is 0 Å². The number of nitrogens with zero attached hydrogens (tertiary/aromatic N) is 4. The number of hydrogen-bond acceptors (Lipinski definition) is 2. The first-order chi connectivity index (χ1) is 38.5. The predicted molar refractivity (Wildman–Crippen MR) is 288 cm³/mol. The summed E-state index contributed by atoms with van der Waals surface area (Å²) in [4.78, 5) is 4.87. The van der Waals surface area contributed by atoms with Gasteiger partial charge in [0.15, 0.2) is 0 Å². The molecule has 0 amide bonds. The molecule has 346 valence electrons. The van der Waals surface area contributed by atoms with Crippen molar-refractivity contribution in [3.63, 3.8) is 0 Å². The van der Waals surface area contributed by atoms with Gasteiger partial charge in [0.1, 0.15) is 5.82 Å². The summed E-state index contributed by atoms with van der Waals surface area (Å²) in [6.45, 7) is 6.54.